The van der Waals surface area contributed by atoms with Crippen molar-refractivity contribution >= 4 is 10.0 Å². The second-order valence-electron chi connectivity index (χ2n) is 4.18. The third kappa shape index (κ3) is 4.10. The van der Waals surface area contributed by atoms with E-state index < -0.39 is 10.0 Å². The zero-order chi connectivity index (χ0) is 14.3. The van der Waals surface area contributed by atoms with Crippen LogP contribution in [0.3, 0.4) is 0 Å². The van der Waals surface area contributed by atoms with Gasteiger partial charge in [0.15, 0.2) is 0 Å². The van der Waals surface area contributed by atoms with Crippen molar-refractivity contribution in [1.29, 1.82) is 0 Å². The van der Waals surface area contributed by atoms with E-state index in [2.05, 4.69) is 16.2 Å². The maximum atomic E-state index is 12.4. The van der Waals surface area contributed by atoms with Crippen LogP contribution in [0.5, 0.6) is 0 Å². The normalized spacial score (nSPS) is 11.7. The van der Waals surface area contributed by atoms with E-state index in [0.717, 1.165) is 18.7 Å². The number of sulfonamides is 1. The fraction of sp³-hybridized carbons (Fsp3) is 0.538. The Morgan fingerprint density at radius 1 is 1.47 bits per heavy atom. The summed E-state index contributed by atoms with van der Waals surface area (Å²) in [7, 11) is -3.50. The molecule has 0 saturated carbocycles. The maximum absolute atomic E-state index is 12.4. The van der Waals surface area contributed by atoms with Gasteiger partial charge in [-0.1, -0.05) is 19.8 Å². The van der Waals surface area contributed by atoms with Gasteiger partial charge in [0.1, 0.15) is 0 Å². The lowest BCUT2D eigenvalue weighted by Crippen LogP contribution is -2.32. The molecule has 0 fully saturated rings. The Kier molecular flexibility index (Phi) is 6.09. The van der Waals surface area contributed by atoms with E-state index in [1.54, 1.807) is 6.07 Å². The van der Waals surface area contributed by atoms with Gasteiger partial charge in [-0.2, -0.15) is 4.31 Å². The van der Waals surface area contributed by atoms with Crippen molar-refractivity contribution < 1.29 is 8.42 Å². The standard InChI is InChI=1S/C13H21N3O2S/c1-4-7-16(8-5-2)19(17,18)13-9-12(15-11-13)10-14-6-3/h1,9,11,14-15H,5-8,10H2,2-3H3. The first kappa shape index (κ1) is 15.8. The van der Waals surface area contributed by atoms with Crippen LogP contribution in [-0.4, -0.2) is 37.3 Å². The van der Waals surface area contributed by atoms with Gasteiger partial charge in [0, 0.05) is 25.0 Å². The molecule has 1 aromatic heterocycles. The summed E-state index contributed by atoms with van der Waals surface area (Å²) in [5, 5.41) is 3.14. The second kappa shape index (κ2) is 7.34. The molecule has 1 heterocycles. The van der Waals surface area contributed by atoms with Crippen LogP contribution in [0.15, 0.2) is 17.2 Å². The highest BCUT2D eigenvalue weighted by molar-refractivity contribution is 7.89. The number of aromatic nitrogens is 1. The predicted octanol–water partition coefficient (Wildman–Crippen LogP) is 1.16. The zero-order valence-corrected chi connectivity index (χ0v) is 12.3. The molecule has 0 bridgehead atoms. The SMILES string of the molecule is C#CCN(CCC)S(=O)(=O)c1c[nH]c(CNCC)c1. The Labute approximate surface area is 115 Å². The van der Waals surface area contributed by atoms with Crippen molar-refractivity contribution in [3.05, 3.63) is 18.0 Å². The Morgan fingerprint density at radius 2 is 2.21 bits per heavy atom. The molecule has 0 spiro atoms. The van der Waals surface area contributed by atoms with Gasteiger partial charge in [-0.3, -0.25) is 0 Å². The first-order valence-corrected chi connectivity index (χ1v) is 7.81. The summed E-state index contributed by atoms with van der Waals surface area (Å²) in [4.78, 5) is 3.23. The second-order valence-corrected chi connectivity index (χ2v) is 6.12. The summed E-state index contributed by atoms with van der Waals surface area (Å²) in [5.74, 6) is 2.39. The van der Waals surface area contributed by atoms with Gasteiger partial charge in [-0.05, 0) is 19.0 Å². The molecule has 2 N–H and O–H groups in total. The van der Waals surface area contributed by atoms with Crippen LogP contribution in [0.1, 0.15) is 26.0 Å². The van der Waals surface area contributed by atoms with Gasteiger partial charge < -0.3 is 10.3 Å². The molecule has 5 nitrogen and oxygen atoms in total. The number of hydrogen-bond acceptors (Lipinski definition) is 3. The van der Waals surface area contributed by atoms with Crippen LogP contribution in [-0.2, 0) is 16.6 Å². The fourth-order valence-corrected chi connectivity index (χ4v) is 3.18. The number of hydrogen-bond donors (Lipinski definition) is 2. The van der Waals surface area contributed by atoms with Crippen LogP contribution >= 0.6 is 0 Å². The van der Waals surface area contributed by atoms with Gasteiger partial charge in [-0.15, -0.1) is 6.42 Å². The minimum atomic E-state index is -3.50. The maximum Gasteiger partial charge on any atom is 0.245 e. The Morgan fingerprint density at radius 3 is 2.79 bits per heavy atom. The lowest BCUT2D eigenvalue weighted by Gasteiger charge is -2.17. The third-order valence-corrected chi connectivity index (χ3v) is 4.48. The summed E-state index contributed by atoms with van der Waals surface area (Å²) < 4.78 is 26.1. The van der Waals surface area contributed by atoms with Gasteiger partial charge in [0.25, 0.3) is 0 Å². The molecular formula is C13H21N3O2S. The minimum absolute atomic E-state index is 0.101. The highest BCUT2D eigenvalue weighted by Crippen LogP contribution is 2.16. The number of H-pyrrole nitrogens is 1. The van der Waals surface area contributed by atoms with Crippen LogP contribution < -0.4 is 5.32 Å². The molecule has 0 saturated heterocycles. The average molecular weight is 283 g/mol. The topological polar surface area (TPSA) is 65.2 Å². The van der Waals surface area contributed by atoms with Crippen molar-refractivity contribution in [2.75, 3.05) is 19.6 Å². The van der Waals surface area contributed by atoms with E-state index in [1.807, 2.05) is 13.8 Å². The molecule has 106 valence electrons. The summed E-state index contributed by atoms with van der Waals surface area (Å²) >= 11 is 0. The number of nitrogens with one attached hydrogen (secondary N) is 2. The zero-order valence-electron chi connectivity index (χ0n) is 11.4. The molecule has 6 heteroatoms. The highest BCUT2D eigenvalue weighted by atomic mass is 32.2. The van der Waals surface area contributed by atoms with Crippen LogP contribution in [0.2, 0.25) is 0 Å². The molecule has 0 atom stereocenters. The molecule has 19 heavy (non-hydrogen) atoms. The fourth-order valence-electron chi connectivity index (χ4n) is 1.71. The van der Waals surface area contributed by atoms with Crippen LogP contribution in [0.25, 0.3) is 0 Å². The summed E-state index contributed by atoms with van der Waals surface area (Å²) in [5.41, 5.74) is 0.845. The van der Waals surface area contributed by atoms with E-state index >= 15 is 0 Å². The van der Waals surface area contributed by atoms with Gasteiger partial charge in [-0.25, -0.2) is 8.42 Å². The van der Waals surface area contributed by atoms with Crippen molar-refractivity contribution in [2.24, 2.45) is 0 Å². The Balaban J connectivity index is 2.91. The summed E-state index contributed by atoms with van der Waals surface area (Å²) in [6, 6.07) is 1.65. The smallest absolute Gasteiger partial charge is 0.245 e. The molecule has 0 aliphatic rings. The minimum Gasteiger partial charge on any atom is -0.363 e. The molecule has 0 aliphatic heterocycles. The third-order valence-electron chi connectivity index (χ3n) is 2.66. The van der Waals surface area contributed by atoms with Gasteiger partial charge in [0.05, 0.1) is 11.4 Å². The monoisotopic (exact) mass is 283 g/mol. The molecule has 0 aromatic carbocycles. The average Bonchev–Trinajstić information content (AvgIpc) is 2.85. The van der Waals surface area contributed by atoms with Gasteiger partial charge >= 0.3 is 0 Å². The van der Waals surface area contributed by atoms with E-state index in [9.17, 15) is 8.42 Å². The Bertz CT molecular complexity index is 528. The van der Waals surface area contributed by atoms with Gasteiger partial charge in [0.2, 0.25) is 10.0 Å². The van der Waals surface area contributed by atoms with Crippen molar-refractivity contribution in [3.8, 4) is 12.3 Å². The summed E-state index contributed by atoms with van der Waals surface area (Å²) in [6.07, 6.45) is 7.48. The van der Waals surface area contributed by atoms with Crippen molar-refractivity contribution in [2.45, 2.75) is 31.7 Å². The lowest BCUT2D eigenvalue weighted by atomic mass is 10.4. The van der Waals surface area contributed by atoms with E-state index in [1.165, 1.54) is 10.5 Å². The van der Waals surface area contributed by atoms with E-state index in [0.29, 0.717) is 13.1 Å². The number of nitrogens with zero attached hydrogens (tertiary/aromatic N) is 1. The summed E-state index contributed by atoms with van der Waals surface area (Å²) in [6.45, 7) is 5.91. The highest BCUT2D eigenvalue weighted by Gasteiger charge is 2.24. The number of rotatable bonds is 8. The van der Waals surface area contributed by atoms with E-state index in [4.69, 9.17) is 6.42 Å². The quantitative estimate of drug-likeness (QED) is 0.704. The first-order chi connectivity index (χ1) is 9.06. The van der Waals surface area contributed by atoms with Crippen LogP contribution in [0, 0.1) is 12.3 Å². The van der Waals surface area contributed by atoms with Crippen molar-refractivity contribution in [3.63, 3.8) is 0 Å². The molecule has 0 unspecified atom stereocenters. The molecular weight excluding hydrogens is 262 g/mol. The molecule has 1 aromatic rings. The van der Waals surface area contributed by atoms with E-state index in [-0.39, 0.29) is 11.4 Å². The molecule has 0 amide bonds. The lowest BCUT2D eigenvalue weighted by molar-refractivity contribution is 0.446. The Hall–Kier alpha value is -1.29. The molecule has 0 radical (unpaired) electrons. The van der Waals surface area contributed by atoms with Crippen LogP contribution in [0.4, 0.5) is 0 Å². The first-order valence-electron chi connectivity index (χ1n) is 6.37. The molecule has 1 rings (SSSR count). The van der Waals surface area contributed by atoms with Crippen molar-refractivity contribution in [1.82, 2.24) is 14.6 Å². The largest absolute Gasteiger partial charge is 0.363 e. The number of aromatic amines is 1. The predicted molar refractivity (Wildman–Crippen MR) is 76.1 cm³/mol. The number of terminal acetylenes is 1. The molecule has 0 aliphatic carbocycles.